The Morgan fingerprint density at radius 2 is 1.95 bits per heavy atom. The number of benzene rings is 3. The molecule has 0 saturated carbocycles. The van der Waals surface area contributed by atoms with Gasteiger partial charge in [0.2, 0.25) is 0 Å². The molecule has 0 spiro atoms. The van der Waals surface area contributed by atoms with Crippen LogP contribution in [0.3, 0.4) is 0 Å². The van der Waals surface area contributed by atoms with Crippen molar-refractivity contribution in [1.29, 1.82) is 0 Å². The molecule has 2 bridgehead atoms. The highest BCUT2D eigenvalue weighted by Gasteiger charge is 2.49. The summed E-state index contributed by atoms with van der Waals surface area (Å²) in [7, 11) is 0. The van der Waals surface area contributed by atoms with E-state index in [4.69, 9.17) is 9.72 Å². The first-order chi connectivity index (χ1) is 20.0. The molecule has 7 nitrogen and oxygen atoms in total. The molecule has 0 aliphatic carbocycles. The number of anilines is 1. The van der Waals surface area contributed by atoms with Gasteiger partial charge in [0.05, 0.1) is 5.54 Å². The van der Waals surface area contributed by atoms with Crippen molar-refractivity contribution in [2.75, 3.05) is 37.7 Å². The average molecular weight is 558 g/mol. The quantitative estimate of drug-likeness (QED) is 0.350. The van der Waals surface area contributed by atoms with Gasteiger partial charge in [0.15, 0.2) is 5.82 Å². The molecule has 0 amide bonds. The molecule has 2 N–H and O–H groups in total. The number of phenols is 1. The summed E-state index contributed by atoms with van der Waals surface area (Å²) < 4.78 is 37.3. The van der Waals surface area contributed by atoms with Crippen LogP contribution in [0, 0.1) is 5.82 Å². The summed E-state index contributed by atoms with van der Waals surface area (Å²) in [6, 6.07) is 15.3. The maximum absolute atomic E-state index is 16.6. The van der Waals surface area contributed by atoms with Crippen molar-refractivity contribution in [3.63, 3.8) is 0 Å². The number of nitrogens with zero attached hydrogens (tertiary/aromatic N) is 4. The number of nitrogens with one attached hydrogen (secondary N) is 1. The van der Waals surface area contributed by atoms with E-state index in [2.05, 4.69) is 20.1 Å². The smallest absolute Gasteiger partial charge is 0.319 e. The lowest BCUT2D eigenvalue weighted by atomic mass is 9.92. The van der Waals surface area contributed by atoms with Gasteiger partial charge in [0.25, 0.3) is 0 Å². The van der Waals surface area contributed by atoms with E-state index in [0.717, 1.165) is 56.1 Å². The lowest BCUT2D eigenvalue weighted by Gasteiger charge is -2.46. The molecule has 212 valence electrons. The van der Waals surface area contributed by atoms with Crippen LogP contribution in [0.5, 0.6) is 11.8 Å². The zero-order valence-electron chi connectivity index (χ0n) is 22.8. The third-order valence-electron chi connectivity index (χ3n) is 9.75. The fourth-order valence-electron chi connectivity index (χ4n) is 7.75. The van der Waals surface area contributed by atoms with Gasteiger partial charge in [-0.2, -0.15) is 9.97 Å². The number of fused-ring (bicyclic) bond motifs is 6. The SMILES string of the molecule is Oc1cc(-c2ccc3c(N4C[C@@H]5CCC4CN5)nc(OC[C@@]45CCCN4C[C@H](F)C5)nc3c2F)c2ccccc2c1. The maximum Gasteiger partial charge on any atom is 0.319 e. The first-order valence-electron chi connectivity index (χ1n) is 14.7. The number of aromatic hydroxyl groups is 1. The Morgan fingerprint density at radius 1 is 1.05 bits per heavy atom. The van der Waals surface area contributed by atoms with Crippen LogP contribution < -0.4 is 15.0 Å². The number of ether oxygens (including phenoxy) is 1. The molecule has 4 aromatic rings. The molecule has 1 unspecified atom stereocenters. The van der Waals surface area contributed by atoms with Crippen LogP contribution in [0.1, 0.15) is 32.1 Å². The predicted octanol–water partition coefficient (Wildman–Crippen LogP) is 5.19. The Morgan fingerprint density at radius 3 is 2.78 bits per heavy atom. The zero-order valence-corrected chi connectivity index (χ0v) is 22.8. The average Bonchev–Trinajstić information content (AvgIpc) is 3.52. The number of aromatic nitrogens is 2. The fraction of sp³-hybridized carbons (Fsp3) is 0.438. The van der Waals surface area contributed by atoms with Crippen LogP contribution in [0.4, 0.5) is 14.6 Å². The molecule has 3 aromatic carbocycles. The number of alkyl halides is 1. The van der Waals surface area contributed by atoms with E-state index >= 15 is 4.39 Å². The van der Waals surface area contributed by atoms with Crippen molar-refractivity contribution in [2.45, 2.75) is 55.9 Å². The van der Waals surface area contributed by atoms with E-state index in [-0.39, 0.29) is 35.5 Å². The monoisotopic (exact) mass is 557 g/mol. The van der Waals surface area contributed by atoms with E-state index in [1.165, 1.54) is 0 Å². The van der Waals surface area contributed by atoms with Crippen LogP contribution in [0.15, 0.2) is 48.5 Å². The van der Waals surface area contributed by atoms with Crippen molar-refractivity contribution in [2.24, 2.45) is 0 Å². The largest absolute Gasteiger partial charge is 0.508 e. The second kappa shape index (κ2) is 9.49. The van der Waals surface area contributed by atoms with Crippen molar-refractivity contribution < 1.29 is 18.6 Å². The number of piperidine rings is 2. The molecule has 0 radical (unpaired) electrons. The number of phenolic OH excluding ortho intramolecular Hbond substituents is 1. The van der Waals surface area contributed by atoms with Crippen LogP contribution in [-0.4, -0.2) is 76.6 Å². The van der Waals surface area contributed by atoms with E-state index in [1.807, 2.05) is 30.3 Å². The molecule has 5 aliphatic heterocycles. The number of piperazine rings is 1. The Hall–Kier alpha value is -3.56. The third kappa shape index (κ3) is 4.12. The molecule has 5 aliphatic rings. The van der Waals surface area contributed by atoms with Crippen LogP contribution in [0.25, 0.3) is 32.8 Å². The molecule has 9 heteroatoms. The minimum absolute atomic E-state index is 0.0746. The lowest BCUT2D eigenvalue weighted by Crippen LogP contribution is -2.61. The van der Waals surface area contributed by atoms with Crippen LogP contribution in [0.2, 0.25) is 0 Å². The first kappa shape index (κ1) is 25.2. The number of halogens is 2. The topological polar surface area (TPSA) is 73.8 Å². The van der Waals surface area contributed by atoms with E-state index in [9.17, 15) is 9.50 Å². The summed E-state index contributed by atoms with van der Waals surface area (Å²) in [6.45, 7) is 3.24. The Kier molecular flexibility index (Phi) is 5.83. The van der Waals surface area contributed by atoms with Crippen LogP contribution in [-0.2, 0) is 0 Å². The summed E-state index contributed by atoms with van der Waals surface area (Å²) in [4.78, 5) is 14.0. The first-order valence-corrected chi connectivity index (χ1v) is 14.7. The highest BCUT2D eigenvalue weighted by atomic mass is 19.1. The predicted molar refractivity (Wildman–Crippen MR) is 155 cm³/mol. The standard InChI is InChI=1S/C32H33F2N5O2/c33-20-14-32(10-3-11-38(32)16-20)18-41-31-36-29-26(30(37-31)39-17-21-6-7-22(39)15-35-21)9-8-25(28(29)34)27-13-23(40)12-19-4-1-2-5-24(19)27/h1-2,4-5,8-9,12-13,20-22,35,40H,3,6-7,10-11,14-18H2/t20-,21+,22?,32+/m1/s1. The van der Waals surface area contributed by atoms with Gasteiger partial charge in [0, 0.05) is 49.1 Å². The number of hydrogen-bond donors (Lipinski definition) is 2. The van der Waals surface area contributed by atoms with Gasteiger partial charge in [-0.05, 0) is 66.8 Å². The van der Waals surface area contributed by atoms with Crippen molar-refractivity contribution >= 4 is 27.5 Å². The van der Waals surface area contributed by atoms with E-state index in [1.54, 1.807) is 18.2 Å². The second-order valence-corrected chi connectivity index (χ2v) is 12.2. The number of hydrogen-bond acceptors (Lipinski definition) is 7. The van der Waals surface area contributed by atoms with Gasteiger partial charge in [-0.3, -0.25) is 4.90 Å². The molecule has 4 atom stereocenters. The molecular weight excluding hydrogens is 524 g/mol. The minimum Gasteiger partial charge on any atom is -0.508 e. The van der Waals surface area contributed by atoms with E-state index in [0.29, 0.717) is 41.3 Å². The van der Waals surface area contributed by atoms with Gasteiger partial charge >= 0.3 is 6.01 Å². The number of rotatable bonds is 5. The van der Waals surface area contributed by atoms with Gasteiger partial charge in [-0.15, -0.1) is 0 Å². The third-order valence-corrected chi connectivity index (χ3v) is 9.75. The van der Waals surface area contributed by atoms with Crippen LogP contribution >= 0.6 is 0 Å². The Bertz CT molecular complexity index is 1660. The summed E-state index contributed by atoms with van der Waals surface area (Å²) in [5.74, 6) is 0.283. The maximum atomic E-state index is 16.6. The fourth-order valence-corrected chi connectivity index (χ4v) is 7.75. The van der Waals surface area contributed by atoms with Gasteiger partial charge in [-0.1, -0.05) is 30.3 Å². The van der Waals surface area contributed by atoms with Crippen molar-refractivity contribution in [1.82, 2.24) is 20.2 Å². The molecule has 6 heterocycles. The molecular formula is C32H33F2N5O2. The molecule has 1 aromatic heterocycles. The lowest BCUT2D eigenvalue weighted by molar-refractivity contribution is 0.107. The second-order valence-electron chi connectivity index (χ2n) is 12.2. The normalized spacial score (nSPS) is 27.7. The van der Waals surface area contributed by atoms with Crippen molar-refractivity contribution in [3.8, 4) is 22.9 Å². The Labute approximate surface area is 237 Å². The van der Waals surface area contributed by atoms with Crippen molar-refractivity contribution in [3.05, 3.63) is 54.3 Å². The zero-order chi connectivity index (χ0) is 27.7. The molecule has 5 saturated heterocycles. The molecule has 9 rings (SSSR count). The molecule has 41 heavy (non-hydrogen) atoms. The summed E-state index contributed by atoms with van der Waals surface area (Å²) in [5.41, 5.74) is 0.801. The van der Waals surface area contributed by atoms with Gasteiger partial charge < -0.3 is 20.1 Å². The van der Waals surface area contributed by atoms with Gasteiger partial charge in [0.1, 0.15) is 29.9 Å². The minimum atomic E-state index is -0.861. The summed E-state index contributed by atoms with van der Waals surface area (Å²) in [6.07, 6.45) is 3.63. The van der Waals surface area contributed by atoms with Gasteiger partial charge in [-0.25, -0.2) is 8.78 Å². The highest BCUT2D eigenvalue weighted by molar-refractivity contribution is 6.01. The Balaban J connectivity index is 1.25. The molecule has 5 fully saturated rings. The highest BCUT2D eigenvalue weighted by Crippen LogP contribution is 2.42. The van der Waals surface area contributed by atoms with E-state index < -0.39 is 12.0 Å². The summed E-state index contributed by atoms with van der Waals surface area (Å²) >= 11 is 0. The summed E-state index contributed by atoms with van der Waals surface area (Å²) in [5, 5.41) is 16.3.